The maximum absolute atomic E-state index is 9.45. The monoisotopic (exact) mass is 250 g/mol. The molecule has 18 heavy (non-hydrogen) atoms. The first-order valence-corrected chi connectivity index (χ1v) is 7.16. The zero-order valence-electron chi connectivity index (χ0n) is 11.7. The van der Waals surface area contributed by atoms with Crippen molar-refractivity contribution in [1.29, 1.82) is 0 Å². The van der Waals surface area contributed by atoms with Crippen LogP contribution in [0, 0.1) is 0 Å². The highest BCUT2D eigenvalue weighted by atomic mass is 16.3. The largest absolute Gasteiger partial charge is 0.508 e. The number of benzene rings is 1. The van der Waals surface area contributed by atoms with Crippen molar-refractivity contribution in [3.05, 3.63) is 23.8 Å². The Bertz CT molecular complexity index is 327. The molecule has 0 aliphatic carbocycles. The molecule has 1 atom stereocenters. The van der Waals surface area contributed by atoms with Gasteiger partial charge in [-0.15, -0.1) is 0 Å². The van der Waals surface area contributed by atoms with Gasteiger partial charge in [-0.05, 0) is 30.0 Å². The predicted octanol–water partition coefficient (Wildman–Crippen LogP) is 4.95. The Kier molecular flexibility index (Phi) is 6.63. The number of aromatic hydroxyl groups is 2. The quantitative estimate of drug-likeness (QED) is 0.641. The van der Waals surface area contributed by atoms with E-state index in [0.717, 1.165) is 12.0 Å². The van der Waals surface area contributed by atoms with Gasteiger partial charge in [0.25, 0.3) is 0 Å². The van der Waals surface area contributed by atoms with Crippen molar-refractivity contribution in [2.24, 2.45) is 0 Å². The third-order valence-electron chi connectivity index (χ3n) is 3.48. The van der Waals surface area contributed by atoms with Gasteiger partial charge in [0.1, 0.15) is 11.5 Å². The summed E-state index contributed by atoms with van der Waals surface area (Å²) in [7, 11) is 0. The molecule has 2 N–H and O–H groups in total. The Balaban J connectivity index is 2.29. The maximum Gasteiger partial charge on any atom is 0.119 e. The van der Waals surface area contributed by atoms with Crippen molar-refractivity contribution in [2.75, 3.05) is 0 Å². The molecule has 0 saturated carbocycles. The van der Waals surface area contributed by atoms with Crippen molar-refractivity contribution in [3.8, 4) is 11.5 Å². The zero-order chi connectivity index (χ0) is 13.4. The molecule has 0 heterocycles. The van der Waals surface area contributed by atoms with Crippen molar-refractivity contribution in [2.45, 2.75) is 64.7 Å². The van der Waals surface area contributed by atoms with Gasteiger partial charge in [0.2, 0.25) is 0 Å². The summed E-state index contributed by atoms with van der Waals surface area (Å²) in [5, 5.41) is 18.9. The number of rotatable bonds is 8. The first kappa shape index (κ1) is 14.9. The van der Waals surface area contributed by atoms with Crippen LogP contribution in [0.25, 0.3) is 0 Å². The predicted molar refractivity (Wildman–Crippen MR) is 76.2 cm³/mol. The van der Waals surface area contributed by atoms with Gasteiger partial charge in [-0.3, -0.25) is 0 Å². The van der Waals surface area contributed by atoms with Crippen molar-refractivity contribution < 1.29 is 10.2 Å². The van der Waals surface area contributed by atoms with Crippen LogP contribution in [-0.2, 0) is 0 Å². The van der Waals surface area contributed by atoms with Crippen LogP contribution in [0.3, 0.4) is 0 Å². The van der Waals surface area contributed by atoms with Gasteiger partial charge >= 0.3 is 0 Å². The second-order valence-corrected chi connectivity index (χ2v) is 5.24. The van der Waals surface area contributed by atoms with Crippen LogP contribution in [0.4, 0.5) is 0 Å². The summed E-state index contributed by atoms with van der Waals surface area (Å²) in [6.07, 6.45) is 8.93. The second-order valence-electron chi connectivity index (χ2n) is 5.24. The molecule has 1 aromatic rings. The highest BCUT2D eigenvalue weighted by Crippen LogP contribution is 2.29. The third-order valence-corrected chi connectivity index (χ3v) is 3.48. The Hall–Kier alpha value is -1.18. The van der Waals surface area contributed by atoms with E-state index in [2.05, 4.69) is 13.8 Å². The van der Waals surface area contributed by atoms with Crippen LogP contribution in [0.2, 0.25) is 0 Å². The molecular formula is C16H26O2. The first-order valence-electron chi connectivity index (χ1n) is 7.16. The fraction of sp³-hybridized carbons (Fsp3) is 0.625. The lowest BCUT2D eigenvalue weighted by molar-refractivity contribution is 0.447. The molecule has 1 unspecified atom stereocenters. The van der Waals surface area contributed by atoms with Gasteiger partial charge in [-0.2, -0.15) is 0 Å². The standard InChI is InChI=1S/C16H26O2/c1-3-4-5-6-7-8-9-13(2)14-10-15(17)12-16(18)11-14/h10-13,17-18H,3-9H2,1-2H3. The summed E-state index contributed by atoms with van der Waals surface area (Å²) in [5.41, 5.74) is 1.03. The third kappa shape index (κ3) is 5.44. The molecule has 102 valence electrons. The SMILES string of the molecule is CCCCCCCCC(C)c1cc(O)cc(O)c1. The molecule has 0 amide bonds. The van der Waals surface area contributed by atoms with Gasteiger partial charge in [-0.25, -0.2) is 0 Å². The lowest BCUT2D eigenvalue weighted by atomic mass is 9.94. The Morgan fingerprint density at radius 1 is 0.889 bits per heavy atom. The van der Waals surface area contributed by atoms with Crippen LogP contribution >= 0.6 is 0 Å². The number of unbranched alkanes of at least 4 members (excludes halogenated alkanes) is 5. The first-order chi connectivity index (χ1) is 8.63. The van der Waals surface area contributed by atoms with Crippen molar-refractivity contribution >= 4 is 0 Å². The molecule has 0 bridgehead atoms. The highest BCUT2D eigenvalue weighted by Gasteiger charge is 2.07. The van der Waals surface area contributed by atoms with E-state index in [1.54, 1.807) is 12.1 Å². The van der Waals surface area contributed by atoms with Gasteiger partial charge in [0.15, 0.2) is 0 Å². The second kappa shape index (κ2) is 8.02. The van der Waals surface area contributed by atoms with E-state index in [0.29, 0.717) is 5.92 Å². The summed E-state index contributed by atoms with van der Waals surface area (Å²) in [5.74, 6) is 0.703. The highest BCUT2D eigenvalue weighted by molar-refractivity contribution is 5.38. The molecule has 2 nitrogen and oxygen atoms in total. The average Bonchev–Trinajstić information content (AvgIpc) is 2.32. The van der Waals surface area contributed by atoms with E-state index in [4.69, 9.17) is 0 Å². The van der Waals surface area contributed by atoms with E-state index in [-0.39, 0.29) is 11.5 Å². The molecule has 2 heteroatoms. The molecule has 0 aliphatic heterocycles. The van der Waals surface area contributed by atoms with Crippen LogP contribution in [-0.4, -0.2) is 10.2 Å². The lowest BCUT2D eigenvalue weighted by Crippen LogP contribution is -1.93. The smallest absolute Gasteiger partial charge is 0.119 e. The van der Waals surface area contributed by atoms with Gasteiger partial charge < -0.3 is 10.2 Å². The number of phenolic OH excluding ortho intramolecular Hbond substituents is 2. The molecule has 1 aromatic carbocycles. The minimum atomic E-state index is 0.153. The molecule has 0 aromatic heterocycles. The van der Waals surface area contributed by atoms with Crippen LogP contribution in [0.5, 0.6) is 11.5 Å². The summed E-state index contributed by atoms with van der Waals surface area (Å²) in [6.45, 7) is 4.39. The molecule has 0 fully saturated rings. The van der Waals surface area contributed by atoms with E-state index >= 15 is 0 Å². The lowest BCUT2D eigenvalue weighted by Gasteiger charge is -2.12. The van der Waals surface area contributed by atoms with E-state index in [1.165, 1.54) is 44.6 Å². The van der Waals surface area contributed by atoms with Gasteiger partial charge in [0, 0.05) is 6.07 Å². The van der Waals surface area contributed by atoms with Gasteiger partial charge in [0.05, 0.1) is 0 Å². The molecule has 1 rings (SSSR count). The van der Waals surface area contributed by atoms with Crippen LogP contribution in [0.1, 0.15) is 70.3 Å². The van der Waals surface area contributed by atoms with Gasteiger partial charge in [-0.1, -0.05) is 52.4 Å². The number of hydrogen-bond donors (Lipinski definition) is 2. The molecule has 0 aliphatic rings. The Morgan fingerprint density at radius 2 is 1.44 bits per heavy atom. The summed E-state index contributed by atoms with van der Waals surface area (Å²) >= 11 is 0. The molecule has 0 saturated heterocycles. The normalized spacial score (nSPS) is 12.6. The average molecular weight is 250 g/mol. The maximum atomic E-state index is 9.45. The number of phenols is 2. The Labute approximate surface area is 111 Å². The molecule has 0 radical (unpaired) electrons. The van der Waals surface area contributed by atoms with Crippen molar-refractivity contribution in [1.82, 2.24) is 0 Å². The van der Waals surface area contributed by atoms with E-state index < -0.39 is 0 Å². The summed E-state index contributed by atoms with van der Waals surface area (Å²) in [6, 6.07) is 4.88. The fourth-order valence-corrected chi connectivity index (χ4v) is 2.30. The minimum Gasteiger partial charge on any atom is -0.508 e. The van der Waals surface area contributed by atoms with E-state index in [1.807, 2.05) is 0 Å². The zero-order valence-corrected chi connectivity index (χ0v) is 11.7. The fourth-order valence-electron chi connectivity index (χ4n) is 2.30. The molecule has 0 spiro atoms. The van der Waals surface area contributed by atoms with Crippen LogP contribution < -0.4 is 0 Å². The van der Waals surface area contributed by atoms with Crippen molar-refractivity contribution in [3.63, 3.8) is 0 Å². The van der Waals surface area contributed by atoms with E-state index in [9.17, 15) is 10.2 Å². The summed E-state index contributed by atoms with van der Waals surface area (Å²) < 4.78 is 0. The minimum absolute atomic E-state index is 0.153. The Morgan fingerprint density at radius 3 is 2.06 bits per heavy atom. The van der Waals surface area contributed by atoms with Crippen LogP contribution in [0.15, 0.2) is 18.2 Å². The summed E-state index contributed by atoms with van der Waals surface area (Å²) in [4.78, 5) is 0. The number of hydrogen-bond acceptors (Lipinski definition) is 2. The topological polar surface area (TPSA) is 40.5 Å². The molecular weight excluding hydrogens is 224 g/mol.